The summed E-state index contributed by atoms with van der Waals surface area (Å²) in [7, 11) is 1.68. The first-order valence-corrected chi connectivity index (χ1v) is 10.2. The van der Waals surface area contributed by atoms with Crippen molar-refractivity contribution in [2.75, 3.05) is 26.8 Å². The van der Waals surface area contributed by atoms with Crippen LogP contribution in [0.1, 0.15) is 41.0 Å². The van der Waals surface area contributed by atoms with Gasteiger partial charge in [0.2, 0.25) is 0 Å². The zero-order valence-electron chi connectivity index (χ0n) is 17.4. The Morgan fingerprint density at radius 2 is 2.20 bits per heavy atom. The highest BCUT2D eigenvalue weighted by Crippen LogP contribution is 2.37. The molecule has 1 aromatic carbocycles. The largest absolute Gasteiger partial charge is 0.385 e. The fourth-order valence-corrected chi connectivity index (χ4v) is 4.11. The van der Waals surface area contributed by atoms with E-state index in [-0.39, 0.29) is 5.91 Å². The van der Waals surface area contributed by atoms with Crippen molar-refractivity contribution in [3.8, 4) is 11.5 Å². The molecule has 1 unspecified atom stereocenters. The molecule has 156 valence electrons. The Labute approximate surface area is 176 Å². The van der Waals surface area contributed by atoms with Crippen molar-refractivity contribution >= 4 is 5.91 Å². The summed E-state index contributed by atoms with van der Waals surface area (Å²) in [5, 5.41) is 4.31. The Morgan fingerprint density at radius 1 is 1.30 bits per heavy atom. The van der Waals surface area contributed by atoms with E-state index in [2.05, 4.69) is 10.1 Å². The quantitative estimate of drug-likeness (QED) is 0.622. The van der Waals surface area contributed by atoms with Crippen molar-refractivity contribution in [2.24, 2.45) is 0 Å². The van der Waals surface area contributed by atoms with Crippen LogP contribution in [0.5, 0.6) is 0 Å². The minimum Gasteiger partial charge on any atom is -0.385 e. The highest BCUT2D eigenvalue weighted by molar-refractivity contribution is 5.94. The fourth-order valence-electron chi connectivity index (χ4n) is 4.11. The molecule has 0 saturated carbocycles. The summed E-state index contributed by atoms with van der Waals surface area (Å²) >= 11 is 0. The average Bonchev–Trinajstić information content (AvgIpc) is 3.29. The van der Waals surface area contributed by atoms with Crippen molar-refractivity contribution in [1.29, 1.82) is 0 Å². The van der Waals surface area contributed by atoms with Gasteiger partial charge in [0.15, 0.2) is 5.82 Å². The molecular formula is C23H26N4O3. The molecule has 0 aliphatic carbocycles. The van der Waals surface area contributed by atoms with Crippen molar-refractivity contribution < 1.29 is 14.1 Å². The maximum Gasteiger partial charge on any atom is 0.259 e. The fraction of sp³-hybridized carbons (Fsp3) is 0.391. The van der Waals surface area contributed by atoms with Gasteiger partial charge in [-0.05, 0) is 50.5 Å². The number of carbonyl (C=O) groups excluding carboxylic acids is 1. The van der Waals surface area contributed by atoms with E-state index in [9.17, 15) is 4.79 Å². The van der Waals surface area contributed by atoms with E-state index in [1.807, 2.05) is 48.2 Å². The third-order valence-electron chi connectivity index (χ3n) is 5.72. The van der Waals surface area contributed by atoms with Gasteiger partial charge in [-0.1, -0.05) is 22.9 Å². The molecule has 0 bridgehead atoms. The number of pyridine rings is 1. The second kappa shape index (κ2) is 8.75. The van der Waals surface area contributed by atoms with Gasteiger partial charge in [0.25, 0.3) is 11.8 Å². The molecule has 1 atom stereocenters. The third-order valence-corrected chi connectivity index (χ3v) is 5.72. The molecule has 0 radical (unpaired) electrons. The Morgan fingerprint density at radius 3 is 2.97 bits per heavy atom. The minimum atomic E-state index is -0.405. The van der Waals surface area contributed by atoms with E-state index in [1.54, 1.807) is 19.5 Å². The lowest BCUT2D eigenvalue weighted by Gasteiger charge is -2.41. The summed E-state index contributed by atoms with van der Waals surface area (Å²) in [6.07, 6.45) is 5.87. The number of amides is 1. The predicted molar refractivity (Wildman–Crippen MR) is 112 cm³/mol. The molecule has 1 aliphatic rings. The van der Waals surface area contributed by atoms with E-state index in [4.69, 9.17) is 14.2 Å². The molecule has 0 spiro atoms. The molecule has 1 fully saturated rings. The Hall–Kier alpha value is -3.06. The molecule has 1 amide bonds. The molecule has 4 rings (SSSR count). The smallest absolute Gasteiger partial charge is 0.259 e. The molecule has 3 heterocycles. The normalized spacial score (nSPS) is 19.1. The number of hydrogen-bond acceptors (Lipinski definition) is 6. The molecule has 3 aromatic rings. The summed E-state index contributed by atoms with van der Waals surface area (Å²) in [6, 6.07) is 11.4. The molecule has 7 heteroatoms. The first-order chi connectivity index (χ1) is 14.6. The van der Waals surface area contributed by atoms with Gasteiger partial charge in [-0.3, -0.25) is 9.78 Å². The lowest BCUT2D eigenvalue weighted by atomic mass is 9.76. The molecule has 1 aliphatic heterocycles. The molecule has 2 aromatic heterocycles. The van der Waals surface area contributed by atoms with Crippen LogP contribution in [0, 0.1) is 6.92 Å². The topological polar surface area (TPSA) is 81.3 Å². The van der Waals surface area contributed by atoms with Crippen LogP contribution in [0.2, 0.25) is 0 Å². The number of likely N-dealkylation sites (tertiary alicyclic amines) is 1. The summed E-state index contributed by atoms with van der Waals surface area (Å²) < 4.78 is 10.9. The number of nitrogens with zero attached hydrogens (tertiary/aromatic N) is 4. The van der Waals surface area contributed by atoms with Gasteiger partial charge >= 0.3 is 0 Å². The van der Waals surface area contributed by atoms with E-state index in [0.29, 0.717) is 36.9 Å². The Bertz CT molecular complexity index is 1000. The number of aromatic nitrogens is 3. The average molecular weight is 406 g/mol. The Kier molecular flexibility index (Phi) is 5.90. The number of rotatable bonds is 6. The predicted octanol–water partition coefficient (Wildman–Crippen LogP) is 3.65. The van der Waals surface area contributed by atoms with Crippen LogP contribution >= 0.6 is 0 Å². The number of carbonyl (C=O) groups is 1. The summed E-state index contributed by atoms with van der Waals surface area (Å²) in [5.41, 5.74) is 2.16. The van der Waals surface area contributed by atoms with E-state index in [0.717, 1.165) is 30.5 Å². The number of benzene rings is 1. The van der Waals surface area contributed by atoms with Crippen LogP contribution in [0.4, 0.5) is 0 Å². The number of ether oxygens (including phenoxy) is 1. The first kappa shape index (κ1) is 20.2. The number of methoxy groups -OCH3 is 1. The van der Waals surface area contributed by atoms with Crippen LogP contribution in [0.15, 0.2) is 53.3 Å². The van der Waals surface area contributed by atoms with E-state index >= 15 is 0 Å². The van der Waals surface area contributed by atoms with E-state index < -0.39 is 5.41 Å². The molecule has 1 saturated heterocycles. The van der Waals surface area contributed by atoms with Gasteiger partial charge in [0.1, 0.15) is 0 Å². The van der Waals surface area contributed by atoms with Crippen LogP contribution in [-0.2, 0) is 10.2 Å². The van der Waals surface area contributed by atoms with Crippen LogP contribution in [0.25, 0.3) is 11.5 Å². The van der Waals surface area contributed by atoms with Crippen LogP contribution in [0.3, 0.4) is 0 Å². The molecule has 30 heavy (non-hydrogen) atoms. The van der Waals surface area contributed by atoms with Gasteiger partial charge in [0, 0.05) is 44.8 Å². The van der Waals surface area contributed by atoms with Crippen molar-refractivity contribution in [3.63, 3.8) is 0 Å². The zero-order valence-corrected chi connectivity index (χ0v) is 17.4. The first-order valence-electron chi connectivity index (χ1n) is 10.2. The van der Waals surface area contributed by atoms with Gasteiger partial charge in [-0.2, -0.15) is 4.98 Å². The summed E-state index contributed by atoms with van der Waals surface area (Å²) in [5.74, 6) is 1.10. The lowest BCUT2D eigenvalue weighted by molar-refractivity contribution is 0.0567. The summed E-state index contributed by atoms with van der Waals surface area (Å²) in [4.78, 5) is 23.9. The number of aryl methyl sites for hydroxylation is 1. The molecule has 0 N–H and O–H groups in total. The van der Waals surface area contributed by atoms with Crippen LogP contribution < -0.4 is 0 Å². The molecular weight excluding hydrogens is 380 g/mol. The van der Waals surface area contributed by atoms with Gasteiger partial charge in [0.05, 0.1) is 11.0 Å². The standard InChI is InChI=1S/C23H26N4O3/c1-17-6-3-7-18(14-17)21(28)27-12-5-9-23(16-27,10-13-29-2)22-25-20(30-26-22)19-8-4-11-24-15-19/h3-4,6-8,11,14-15H,5,9-10,12-13,16H2,1-2H3. The lowest BCUT2D eigenvalue weighted by Crippen LogP contribution is -2.49. The minimum absolute atomic E-state index is 0.0381. The second-order valence-electron chi connectivity index (χ2n) is 7.89. The van der Waals surface area contributed by atoms with Gasteiger partial charge in [-0.25, -0.2) is 0 Å². The van der Waals surface area contributed by atoms with Gasteiger partial charge < -0.3 is 14.2 Å². The highest BCUT2D eigenvalue weighted by Gasteiger charge is 2.42. The number of hydrogen-bond donors (Lipinski definition) is 0. The van der Waals surface area contributed by atoms with Crippen molar-refractivity contribution in [3.05, 3.63) is 65.7 Å². The maximum atomic E-state index is 13.2. The van der Waals surface area contributed by atoms with Crippen molar-refractivity contribution in [1.82, 2.24) is 20.0 Å². The third kappa shape index (κ3) is 4.11. The van der Waals surface area contributed by atoms with Crippen LogP contribution in [-0.4, -0.2) is 52.7 Å². The monoisotopic (exact) mass is 406 g/mol. The SMILES string of the molecule is COCCC1(c2noc(-c3cccnc3)n2)CCCN(C(=O)c2cccc(C)c2)C1. The highest BCUT2D eigenvalue weighted by atomic mass is 16.5. The van der Waals surface area contributed by atoms with Gasteiger partial charge in [-0.15, -0.1) is 0 Å². The van der Waals surface area contributed by atoms with Crippen molar-refractivity contribution in [2.45, 2.75) is 31.6 Å². The number of piperidine rings is 1. The van der Waals surface area contributed by atoms with E-state index in [1.165, 1.54) is 0 Å². The second-order valence-corrected chi connectivity index (χ2v) is 7.89. The zero-order chi connectivity index (χ0) is 21.0. The maximum absolute atomic E-state index is 13.2. The molecule has 7 nitrogen and oxygen atoms in total. The Balaban J connectivity index is 1.63. The summed E-state index contributed by atoms with van der Waals surface area (Å²) in [6.45, 7) is 3.81.